The van der Waals surface area contributed by atoms with Crippen LogP contribution in [0.5, 0.6) is 0 Å². The maximum Gasteiger partial charge on any atom is 0.254 e. The molecule has 0 unspecified atom stereocenters. The average Bonchev–Trinajstić information content (AvgIpc) is 3.18. The molecular formula is C17H21N5O2. The molecule has 1 aromatic carbocycles. The highest BCUT2D eigenvalue weighted by Crippen LogP contribution is 2.21. The molecule has 0 aliphatic rings. The van der Waals surface area contributed by atoms with E-state index in [0.717, 1.165) is 10.9 Å². The molecule has 0 saturated heterocycles. The summed E-state index contributed by atoms with van der Waals surface area (Å²) < 4.78 is 8.93. The van der Waals surface area contributed by atoms with Gasteiger partial charge in [0.2, 0.25) is 0 Å². The number of amides is 1. The van der Waals surface area contributed by atoms with E-state index < -0.39 is 0 Å². The molecule has 0 spiro atoms. The van der Waals surface area contributed by atoms with Gasteiger partial charge < -0.3 is 19.2 Å². The van der Waals surface area contributed by atoms with Gasteiger partial charge in [0.1, 0.15) is 6.33 Å². The lowest BCUT2D eigenvalue weighted by atomic mass is 10.1. The molecule has 0 bridgehead atoms. The Morgan fingerprint density at radius 1 is 1.38 bits per heavy atom. The van der Waals surface area contributed by atoms with Gasteiger partial charge in [0.05, 0.1) is 18.2 Å². The Morgan fingerprint density at radius 2 is 2.17 bits per heavy atom. The summed E-state index contributed by atoms with van der Waals surface area (Å²) in [6.45, 7) is 3.11. The van der Waals surface area contributed by atoms with E-state index in [1.54, 1.807) is 13.4 Å². The molecule has 0 fully saturated rings. The lowest BCUT2D eigenvalue weighted by Crippen LogP contribution is -2.29. The van der Waals surface area contributed by atoms with Gasteiger partial charge in [-0.1, -0.05) is 18.2 Å². The molecule has 0 aliphatic heterocycles. The van der Waals surface area contributed by atoms with Crippen molar-refractivity contribution < 1.29 is 9.53 Å². The van der Waals surface area contributed by atoms with Crippen LogP contribution >= 0.6 is 0 Å². The molecule has 126 valence electrons. The number of carbonyl (C=O) groups is 1. The second kappa shape index (κ2) is 6.84. The Bertz CT molecular complexity index is 852. The number of hydrogen-bond donors (Lipinski definition) is 1. The highest BCUT2D eigenvalue weighted by atomic mass is 16.5. The molecule has 2 heterocycles. The molecule has 3 aromatic rings. The monoisotopic (exact) mass is 327 g/mol. The molecule has 2 aromatic heterocycles. The number of carbonyl (C=O) groups excluding carboxylic acids is 1. The predicted molar refractivity (Wildman–Crippen MR) is 90.7 cm³/mol. The highest BCUT2D eigenvalue weighted by Gasteiger charge is 2.19. The van der Waals surface area contributed by atoms with Crippen LogP contribution in [0.2, 0.25) is 0 Å². The van der Waals surface area contributed by atoms with Crippen molar-refractivity contribution in [3.63, 3.8) is 0 Å². The van der Waals surface area contributed by atoms with Crippen LogP contribution in [0.4, 0.5) is 0 Å². The number of methoxy groups -OCH3 is 1. The van der Waals surface area contributed by atoms with Crippen molar-refractivity contribution in [3.8, 4) is 0 Å². The minimum absolute atomic E-state index is 0.124. The molecule has 1 atom stereocenters. The predicted octanol–water partition coefficient (Wildman–Crippen LogP) is 1.91. The van der Waals surface area contributed by atoms with Crippen molar-refractivity contribution in [2.24, 2.45) is 7.05 Å². The van der Waals surface area contributed by atoms with Gasteiger partial charge >= 0.3 is 0 Å². The van der Waals surface area contributed by atoms with Crippen LogP contribution in [0.3, 0.4) is 0 Å². The van der Waals surface area contributed by atoms with Crippen molar-refractivity contribution >= 4 is 16.8 Å². The number of aromatic nitrogens is 4. The Hall–Kier alpha value is -2.67. The molecule has 7 heteroatoms. The fraction of sp³-hybridized carbons (Fsp3) is 0.353. The summed E-state index contributed by atoms with van der Waals surface area (Å²) in [6.07, 6.45) is 3.50. The van der Waals surface area contributed by atoms with E-state index in [-0.39, 0.29) is 11.9 Å². The van der Waals surface area contributed by atoms with Crippen LogP contribution in [-0.2, 0) is 18.3 Å². The number of nitrogens with zero attached hydrogens (tertiary/aromatic N) is 4. The zero-order chi connectivity index (χ0) is 17.1. The summed E-state index contributed by atoms with van der Waals surface area (Å²) in [5.74, 6) is 0.584. The molecule has 0 saturated carbocycles. The van der Waals surface area contributed by atoms with Crippen LogP contribution in [0, 0.1) is 0 Å². The molecule has 3 rings (SSSR count). The zero-order valence-corrected chi connectivity index (χ0v) is 14.1. The summed E-state index contributed by atoms with van der Waals surface area (Å²) in [4.78, 5) is 12.7. The third-order valence-electron chi connectivity index (χ3n) is 4.06. The Kier molecular flexibility index (Phi) is 4.61. The maximum atomic E-state index is 12.7. The first kappa shape index (κ1) is 16.2. The summed E-state index contributed by atoms with van der Waals surface area (Å²) in [7, 11) is 3.58. The highest BCUT2D eigenvalue weighted by molar-refractivity contribution is 6.07. The van der Waals surface area contributed by atoms with Gasteiger partial charge in [-0.15, -0.1) is 10.2 Å². The lowest BCUT2D eigenvalue weighted by Gasteiger charge is -2.14. The topological polar surface area (TPSA) is 74.0 Å². The second-order valence-corrected chi connectivity index (χ2v) is 5.74. The largest absolute Gasteiger partial charge is 0.383 e. The average molecular weight is 327 g/mol. The molecular weight excluding hydrogens is 306 g/mol. The van der Waals surface area contributed by atoms with E-state index in [9.17, 15) is 4.79 Å². The number of rotatable bonds is 6. The number of para-hydroxylation sites is 1. The summed E-state index contributed by atoms with van der Waals surface area (Å²) >= 11 is 0. The molecule has 7 nitrogen and oxygen atoms in total. The minimum Gasteiger partial charge on any atom is -0.383 e. The van der Waals surface area contributed by atoms with E-state index in [2.05, 4.69) is 15.5 Å². The maximum absolute atomic E-state index is 12.7. The Labute approximate surface area is 140 Å². The number of fused-ring (bicyclic) bond motifs is 1. The molecule has 0 radical (unpaired) electrons. The van der Waals surface area contributed by atoms with Gasteiger partial charge in [-0.3, -0.25) is 4.79 Å². The van der Waals surface area contributed by atoms with Crippen molar-refractivity contribution in [3.05, 3.63) is 48.2 Å². The lowest BCUT2D eigenvalue weighted by molar-refractivity contribution is 0.0938. The quantitative estimate of drug-likeness (QED) is 0.750. The van der Waals surface area contributed by atoms with Crippen LogP contribution < -0.4 is 5.32 Å². The van der Waals surface area contributed by atoms with E-state index in [0.29, 0.717) is 24.5 Å². The first-order valence-electron chi connectivity index (χ1n) is 7.83. The van der Waals surface area contributed by atoms with Crippen molar-refractivity contribution in [1.29, 1.82) is 0 Å². The number of aryl methyl sites for hydroxylation is 1. The fourth-order valence-electron chi connectivity index (χ4n) is 2.82. The number of ether oxygens (including phenoxy) is 1. The summed E-state index contributed by atoms with van der Waals surface area (Å²) in [6, 6.07) is 7.60. The summed E-state index contributed by atoms with van der Waals surface area (Å²) in [5, 5.41) is 12.0. The van der Waals surface area contributed by atoms with Gasteiger partial charge in [0, 0.05) is 37.8 Å². The second-order valence-electron chi connectivity index (χ2n) is 5.74. The van der Waals surface area contributed by atoms with Gasteiger partial charge in [-0.25, -0.2) is 0 Å². The molecule has 1 amide bonds. The minimum atomic E-state index is -0.254. The standard InChI is InChI=1S/C17H21N5O2/c1-12(16-20-18-11-22(16)8-9-24-3)19-17(23)14-10-21(2)15-7-5-4-6-13(14)15/h4-7,10-12H,8-9H2,1-3H3,(H,19,23)/t12-/m0/s1. The third kappa shape index (κ3) is 3.03. The van der Waals surface area contributed by atoms with Gasteiger partial charge in [-0.05, 0) is 13.0 Å². The Morgan fingerprint density at radius 3 is 2.96 bits per heavy atom. The number of nitrogens with one attached hydrogen (secondary N) is 1. The zero-order valence-electron chi connectivity index (χ0n) is 14.1. The van der Waals surface area contributed by atoms with Crippen molar-refractivity contribution in [2.75, 3.05) is 13.7 Å². The van der Waals surface area contributed by atoms with Crippen LogP contribution in [0.1, 0.15) is 29.1 Å². The molecule has 0 aliphatic carbocycles. The normalized spacial score (nSPS) is 12.5. The smallest absolute Gasteiger partial charge is 0.254 e. The van der Waals surface area contributed by atoms with Crippen molar-refractivity contribution in [2.45, 2.75) is 19.5 Å². The van der Waals surface area contributed by atoms with E-state index in [1.807, 2.05) is 53.6 Å². The number of hydrogen-bond acceptors (Lipinski definition) is 4. The molecule has 24 heavy (non-hydrogen) atoms. The van der Waals surface area contributed by atoms with E-state index in [1.165, 1.54) is 0 Å². The van der Waals surface area contributed by atoms with E-state index >= 15 is 0 Å². The van der Waals surface area contributed by atoms with Gasteiger partial charge in [0.25, 0.3) is 5.91 Å². The van der Waals surface area contributed by atoms with Crippen LogP contribution in [0.25, 0.3) is 10.9 Å². The van der Waals surface area contributed by atoms with Gasteiger partial charge in [0.15, 0.2) is 5.82 Å². The summed E-state index contributed by atoms with van der Waals surface area (Å²) in [5.41, 5.74) is 1.68. The van der Waals surface area contributed by atoms with E-state index in [4.69, 9.17) is 4.74 Å². The SMILES string of the molecule is COCCn1cnnc1[C@H](C)NC(=O)c1cn(C)c2ccccc12. The van der Waals surface area contributed by atoms with Gasteiger partial charge in [-0.2, -0.15) is 0 Å². The van der Waals surface area contributed by atoms with Crippen molar-refractivity contribution in [1.82, 2.24) is 24.6 Å². The van der Waals surface area contributed by atoms with Crippen LogP contribution in [-0.4, -0.2) is 39.0 Å². The molecule has 1 N–H and O–H groups in total. The first-order valence-corrected chi connectivity index (χ1v) is 7.83. The number of benzene rings is 1. The van der Waals surface area contributed by atoms with Crippen LogP contribution in [0.15, 0.2) is 36.8 Å². The Balaban J connectivity index is 1.80. The first-order chi connectivity index (χ1) is 11.6. The fourth-order valence-corrected chi connectivity index (χ4v) is 2.82. The third-order valence-corrected chi connectivity index (χ3v) is 4.06.